The Balaban J connectivity index is 1.48. The van der Waals surface area contributed by atoms with Gasteiger partial charge >= 0.3 is 18.0 Å². The molecule has 0 saturated carbocycles. The van der Waals surface area contributed by atoms with Crippen LogP contribution in [0.3, 0.4) is 0 Å². The van der Waals surface area contributed by atoms with E-state index in [1.807, 2.05) is 89.8 Å². The van der Waals surface area contributed by atoms with Gasteiger partial charge in [0.15, 0.2) is 6.04 Å². The maximum atomic E-state index is 14.5. The number of ether oxygens (including phenoxy) is 1. The molecule has 0 aromatic heterocycles. The van der Waals surface area contributed by atoms with Crippen LogP contribution in [0.2, 0.25) is 0 Å². The van der Waals surface area contributed by atoms with Crippen molar-refractivity contribution in [2.75, 3.05) is 25.1 Å². The predicted octanol–water partition coefficient (Wildman–Crippen LogP) is 6.43. The van der Waals surface area contributed by atoms with E-state index in [0.717, 1.165) is 22.9 Å². The van der Waals surface area contributed by atoms with Crippen LogP contribution < -0.4 is 4.90 Å². The van der Waals surface area contributed by atoms with Gasteiger partial charge in [0.25, 0.3) is 0 Å². The maximum Gasteiger partial charge on any atom is 0.331 e. The number of amides is 4. The molecule has 9 heteroatoms. The summed E-state index contributed by atoms with van der Waals surface area (Å²) < 4.78 is 6.51. The molecule has 0 spiro atoms. The third kappa shape index (κ3) is 6.10. The first-order valence-electron chi connectivity index (χ1n) is 14.0. The van der Waals surface area contributed by atoms with Crippen molar-refractivity contribution in [3.8, 4) is 0 Å². The molecule has 41 heavy (non-hydrogen) atoms. The Morgan fingerprint density at radius 2 is 1.49 bits per heavy atom. The number of carbonyl (C=O) groups is 3. The van der Waals surface area contributed by atoms with Crippen molar-refractivity contribution in [3.05, 3.63) is 95.0 Å². The monoisotopic (exact) mass is 618 g/mol. The van der Waals surface area contributed by atoms with E-state index in [1.165, 1.54) is 0 Å². The van der Waals surface area contributed by atoms with Gasteiger partial charge in [0.2, 0.25) is 0 Å². The maximum absolute atomic E-state index is 14.5. The number of para-hydroxylation sites is 2. The normalized spacial score (nSPS) is 19.8. The van der Waals surface area contributed by atoms with E-state index in [0.29, 0.717) is 24.3 Å². The van der Waals surface area contributed by atoms with E-state index < -0.39 is 18.1 Å². The minimum atomic E-state index is -0.918. The Labute approximate surface area is 249 Å². The van der Waals surface area contributed by atoms with Crippen molar-refractivity contribution >= 4 is 45.3 Å². The fraction of sp³-hybridized carbons (Fsp3) is 0.344. The Kier molecular flexibility index (Phi) is 8.93. The fourth-order valence-electron chi connectivity index (χ4n) is 5.94. The molecule has 2 saturated heterocycles. The minimum absolute atomic E-state index is 0.146. The molecule has 5 rings (SSSR count). The first-order valence-corrected chi connectivity index (χ1v) is 14.8. The van der Waals surface area contributed by atoms with Gasteiger partial charge in [0.1, 0.15) is 0 Å². The van der Waals surface area contributed by atoms with E-state index in [-0.39, 0.29) is 31.3 Å². The minimum Gasteiger partial charge on any atom is -0.464 e. The lowest BCUT2D eigenvalue weighted by atomic mass is 9.86. The molecule has 3 aromatic rings. The molecule has 8 nitrogen and oxygen atoms in total. The van der Waals surface area contributed by atoms with E-state index >= 15 is 0 Å². The number of esters is 1. The molecular weight excluding hydrogens is 584 g/mol. The zero-order chi connectivity index (χ0) is 28.9. The van der Waals surface area contributed by atoms with Gasteiger partial charge in [-0.3, -0.25) is 4.90 Å². The van der Waals surface area contributed by atoms with Gasteiger partial charge in [-0.2, -0.15) is 0 Å². The number of urea groups is 2. The topological polar surface area (TPSA) is 73.4 Å². The molecule has 3 aromatic carbocycles. The summed E-state index contributed by atoms with van der Waals surface area (Å²) in [6.45, 7) is 2.62. The number of nitrogens with zero attached hydrogens (tertiary/aromatic N) is 4. The molecule has 214 valence electrons. The standard InChI is InChI=1S/C32H35BrN4O4/c1-3-41-30(38)29-28-16-10-15-27(37(28)31(39)34(2)21-23-17-19-24(33)20-18-23)22-35(29)32(40)36(25-11-6-4-7-12-25)26-13-8-5-9-14-26/h4-9,11-14,17-20,27-29H,3,10,15-16,21-22H2,1-2H3/t27-,28+,29+/m0/s1. The Morgan fingerprint density at radius 1 is 0.878 bits per heavy atom. The largest absolute Gasteiger partial charge is 0.464 e. The molecule has 2 heterocycles. The second-order valence-electron chi connectivity index (χ2n) is 10.5. The summed E-state index contributed by atoms with van der Waals surface area (Å²) in [5.41, 5.74) is 2.40. The van der Waals surface area contributed by atoms with Gasteiger partial charge in [0, 0.05) is 24.6 Å². The number of hydrogen-bond donors (Lipinski definition) is 0. The van der Waals surface area contributed by atoms with E-state index in [9.17, 15) is 14.4 Å². The van der Waals surface area contributed by atoms with Crippen LogP contribution in [-0.4, -0.2) is 71.1 Å². The molecule has 0 radical (unpaired) electrons. The highest BCUT2D eigenvalue weighted by atomic mass is 79.9. The van der Waals surface area contributed by atoms with Crippen molar-refractivity contribution in [1.82, 2.24) is 14.7 Å². The van der Waals surface area contributed by atoms with Gasteiger partial charge in [-0.25, -0.2) is 14.4 Å². The third-order valence-corrected chi connectivity index (χ3v) is 8.30. The van der Waals surface area contributed by atoms with Crippen LogP contribution in [0, 0.1) is 0 Å². The second-order valence-corrected chi connectivity index (χ2v) is 11.4. The van der Waals surface area contributed by atoms with Gasteiger partial charge in [0.05, 0.1) is 30.1 Å². The lowest BCUT2D eigenvalue weighted by molar-refractivity contribution is -0.155. The number of piperazine rings is 1. The summed E-state index contributed by atoms with van der Waals surface area (Å²) >= 11 is 3.46. The number of likely N-dealkylation sites (tertiary alicyclic amines) is 1. The number of benzene rings is 3. The number of hydrogen-bond acceptors (Lipinski definition) is 4. The number of rotatable bonds is 6. The van der Waals surface area contributed by atoms with Gasteiger partial charge in [-0.15, -0.1) is 0 Å². The van der Waals surface area contributed by atoms with Gasteiger partial charge in [-0.1, -0.05) is 64.5 Å². The first-order chi connectivity index (χ1) is 19.9. The highest BCUT2D eigenvalue weighted by Gasteiger charge is 2.52. The number of carbonyl (C=O) groups excluding carboxylic acids is 3. The molecule has 2 aliphatic rings. The van der Waals surface area contributed by atoms with Crippen LogP contribution in [0.15, 0.2) is 89.4 Å². The summed E-state index contributed by atoms with van der Waals surface area (Å²) in [7, 11) is 1.78. The van der Waals surface area contributed by atoms with Gasteiger partial charge < -0.3 is 19.4 Å². The summed E-state index contributed by atoms with van der Waals surface area (Å²) in [6, 6.07) is 24.6. The summed E-state index contributed by atoms with van der Waals surface area (Å²) in [6.07, 6.45) is 2.23. The smallest absolute Gasteiger partial charge is 0.331 e. The Hall–Kier alpha value is -3.85. The van der Waals surface area contributed by atoms with Crippen LogP contribution in [0.5, 0.6) is 0 Å². The van der Waals surface area contributed by atoms with Crippen molar-refractivity contribution in [3.63, 3.8) is 0 Å². The molecule has 2 bridgehead atoms. The second kappa shape index (κ2) is 12.8. The highest BCUT2D eigenvalue weighted by Crippen LogP contribution is 2.37. The summed E-state index contributed by atoms with van der Waals surface area (Å²) in [5.74, 6) is -0.486. The lowest BCUT2D eigenvalue weighted by Gasteiger charge is -2.54. The molecule has 3 atom stereocenters. The van der Waals surface area contributed by atoms with Gasteiger partial charge in [-0.05, 0) is 68.1 Å². The number of piperidine rings is 1. The molecule has 4 amide bonds. The van der Waals surface area contributed by atoms with Crippen LogP contribution in [0.1, 0.15) is 31.7 Å². The first kappa shape index (κ1) is 28.7. The molecule has 2 fully saturated rings. The third-order valence-electron chi connectivity index (χ3n) is 7.77. The summed E-state index contributed by atoms with van der Waals surface area (Å²) in [4.78, 5) is 48.8. The number of fused-ring (bicyclic) bond motifs is 2. The average Bonchev–Trinajstić information content (AvgIpc) is 2.98. The molecule has 0 aliphatic carbocycles. The van der Waals surface area contributed by atoms with Crippen molar-refractivity contribution in [1.29, 1.82) is 0 Å². The van der Waals surface area contributed by atoms with Crippen LogP contribution in [-0.2, 0) is 16.1 Å². The average molecular weight is 620 g/mol. The van der Waals surface area contributed by atoms with Crippen LogP contribution in [0.4, 0.5) is 21.0 Å². The van der Waals surface area contributed by atoms with E-state index in [4.69, 9.17) is 4.74 Å². The van der Waals surface area contributed by atoms with E-state index in [1.54, 1.807) is 28.7 Å². The Bertz CT molecular complexity index is 1320. The van der Waals surface area contributed by atoms with Crippen molar-refractivity contribution in [2.45, 2.75) is 50.9 Å². The van der Waals surface area contributed by atoms with Crippen LogP contribution in [0.25, 0.3) is 0 Å². The molecule has 0 N–H and O–H groups in total. The lowest BCUT2D eigenvalue weighted by Crippen LogP contribution is -2.72. The number of anilines is 2. The predicted molar refractivity (Wildman–Crippen MR) is 162 cm³/mol. The fourth-order valence-corrected chi connectivity index (χ4v) is 6.20. The molecular formula is C32H35BrN4O4. The SMILES string of the molecule is CCOC(=O)[C@H]1[C@H]2CCC[C@@H](CN1C(=O)N(c1ccccc1)c1ccccc1)N2C(=O)N(C)Cc1ccc(Br)cc1. The highest BCUT2D eigenvalue weighted by molar-refractivity contribution is 9.10. The Morgan fingerprint density at radius 3 is 2.07 bits per heavy atom. The van der Waals surface area contributed by atoms with Crippen LogP contribution >= 0.6 is 15.9 Å². The zero-order valence-corrected chi connectivity index (χ0v) is 24.9. The molecule has 0 unspecified atom stereocenters. The molecule has 2 aliphatic heterocycles. The van der Waals surface area contributed by atoms with E-state index in [2.05, 4.69) is 15.9 Å². The quantitative estimate of drug-likeness (QED) is 0.298. The number of halogens is 1. The zero-order valence-electron chi connectivity index (χ0n) is 23.4. The van der Waals surface area contributed by atoms with Crippen molar-refractivity contribution < 1.29 is 19.1 Å². The summed E-state index contributed by atoms with van der Waals surface area (Å²) in [5, 5.41) is 0. The van der Waals surface area contributed by atoms with Crippen molar-refractivity contribution in [2.24, 2.45) is 0 Å².